The molecule has 2 heterocycles. The van der Waals surface area contributed by atoms with Crippen molar-refractivity contribution in [2.45, 2.75) is 13.8 Å². The van der Waals surface area contributed by atoms with E-state index in [1.807, 2.05) is 13.8 Å². The summed E-state index contributed by atoms with van der Waals surface area (Å²) in [5.41, 5.74) is 2.21. The molecule has 64 valence electrons. The molecule has 0 radical (unpaired) electrons. The molecule has 0 atom stereocenters. The molecule has 0 spiro atoms. The molecule has 4 heteroatoms. The predicted molar refractivity (Wildman–Crippen MR) is 51.6 cm³/mol. The van der Waals surface area contributed by atoms with Gasteiger partial charge in [-0.05, 0) is 19.9 Å². The fourth-order valence-corrected chi connectivity index (χ4v) is 1.99. The highest BCUT2D eigenvalue weighted by Crippen LogP contribution is 2.21. The van der Waals surface area contributed by atoms with Crippen LogP contribution in [0, 0.1) is 25.2 Å². The summed E-state index contributed by atoms with van der Waals surface area (Å²) in [5.74, 6) is 0. The zero-order valence-corrected chi connectivity index (χ0v) is 8.14. The van der Waals surface area contributed by atoms with Gasteiger partial charge in [0.25, 0.3) is 0 Å². The molecule has 0 aliphatic carbocycles. The molecule has 0 aromatic carbocycles. The number of fused-ring (bicyclic) bond motifs is 1. The minimum atomic E-state index is 0.609. The number of nitrogens with zero attached hydrogens (tertiary/aromatic N) is 3. The van der Waals surface area contributed by atoms with Crippen molar-refractivity contribution >= 4 is 21.7 Å². The normalized spacial score (nSPS) is 10.2. The van der Waals surface area contributed by atoms with Gasteiger partial charge in [-0.15, -0.1) is 0 Å². The molecule has 0 N–H and O–H groups in total. The molecule has 0 saturated heterocycles. The summed E-state index contributed by atoms with van der Waals surface area (Å²) < 4.78 is 0. The van der Waals surface area contributed by atoms with E-state index < -0.39 is 0 Å². The zero-order chi connectivity index (χ0) is 9.42. The van der Waals surface area contributed by atoms with E-state index in [4.69, 9.17) is 5.26 Å². The Morgan fingerprint density at radius 3 is 2.85 bits per heavy atom. The molecule has 3 nitrogen and oxygen atoms in total. The third-order valence-electron chi connectivity index (χ3n) is 1.80. The highest BCUT2D eigenvalue weighted by atomic mass is 32.1. The number of aromatic nitrogens is 2. The number of nitriles is 1. The molecule has 2 aromatic rings. The maximum absolute atomic E-state index is 8.77. The van der Waals surface area contributed by atoms with Crippen LogP contribution in [0.2, 0.25) is 0 Å². The van der Waals surface area contributed by atoms with E-state index in [1.54, 1.807) is 17.4 Å². The molecule has 0 amide bonds. The molecule has 2 aromatic heterocycles. The van der Waals surface area contributed by atoms with E-state index in [2.05, 4.69) is 16.0 Å². The Bertz CT molecular complexity index is 507. The molecule has 0 aliphatic rings. The van der Waals surface area contributed by atoms with Crippen LogP contribution < -0.4 is 0 Å². The van der Waals surface area contributed by atoms with E-state index in [-0.39, 0.29) is 0 Å². The number of thiazole rings is 1. The first-order valence-corrected chi connectivity index (χ1v) is 4.67. The van der Waals surface area contributed by atoms with Gasteiger partial charge >= 0.3 is 0 Å². The van der Waals surface area contributed by atoms with Crippen LogP contribution in [0.1, 0.15) is 16.3 Å². The largest absolute Gasteiger partial charge is 0.240 e. The van der Waals surface area contributed by atoms with Gasteiger partial charge in [-0.3, -0.25) is 0 Å². The average Bonchev–Trinajstić information content (AvgIpc) is 2.42. The summed E-state index contributed by atoms with van der Waals surface area (Å²) in [6.45, 7) is 3.78. The molecule has 13 heavy (non-hydrogen) atoms. The van der Waals surface area contributed by atoms with Gasteiger partial charge in [-0.2, -0.15) is 5.26 Å². The Kier molecular flexibility index (Phi) is 1.74. The molecule has 2 rings (SSSR count). The fourth-order valence-electron chi connectivity index (χ4n) is 1.17. The fraction of sp³-hybridized carbons (Fsp3) is 0.222. The van der Waals surface area contributed by atoms with Crippen molar-refractivity contribution in [2.75, 3.05) is 0 Å². The van der Waals surface area contributed by atoms with Crippen molar-refractivity contribution in [2.24, 2.45) is 0 Å². The quantitative estimate of drug-likeness (QED) is 0.638. The second kappa shape index (κ2) is 2.79. The summed E-state index contributed by atoms with van der Waals surface area (Å²) >= 11 is 1.55. The van der Waals surface area contributed by atoms with E-state index in [0.717, 1.165) is 21.0 Å². The maximum atomic E-state index is 8.77. The number of hydrogen-bond donors (Lipinski definition) is 0. The maximum Gasteiger partial charge on any atom is 0.143 e. The van der Waals surface area contributed by atoms with Crippen LogP contribution in [0.4, 0.5) is 0 Å². The van der Waals surface area contributed by atoms with Gasteiger partial charge in [0.1, 0.15) is 16.4 Å². The summed E-state index contributed by atoms with van der Waals surface area (Å²) in [6.07, 6.45) is 0. The van der Waals surface area contributed by atoms with E-state index >= 15 is 0 Å². The van der Waals surface area contributed by atoms with E-state index in [1.165, 1.54) is 0 Å². The van der Waals surface area contributed by atoms with Crippen LogP contribution in [0.3, 0.4) is 0 Å². The highest BCUT2D eigenvalue weighted by Gasteiger charge is 2.05. The Morgan fingerprint density at radius 1 is 1.38 bits per heavy atom. The van der Waals surface area contributed by atoms with Crippen LogP contribution in [-0.4, -0.2) is 9.97 Å². The SMILES string of the molecule is Cc1nc2cc(C#N)c(C)nc2s1. The Hall–Kier alpha value is -1.47. The minimum absolute atomic E-state index is 0.609. The molecule has 0 bridgehead atoms. The summed E-state index contributed by atoms with van der Waals surface area (Å²) in [5, 5.41) is 9.75. The summed E-state index contributed by atoms with van der Waals surface area (Å²) in [4.78, 5) is 9.48. The van der Waals surface area contributed by atoms with E-state index in [0.29, 0.717) is 5.56 Å². The van der Waals surface area contributed by atoms with Crippen LogP contribution in [-0.2, 0) is 0 Å². The van der Waals surface area contributed by atoms with Crippen molar-refractivity contribution in [1.82, 2.24) is 9.97 Å². The number of hydrogen-bond acceptors (Lipinski definition) is 4. The minimum Gasteiger partial charge on any atom is -0.240 e. The van der Waals surface area contributed by atoms with Crippen molar-refractivity contribution < 1.29 is 0 Å². The van der Waals surface area contributed by atoms with Crippen LogP contribution in [0.5, 0.6) is 0 Å². The smallest absolute Gasteiger partial charge is 0.143 e. The topological polar surface area (TPSA) is 49.6 Å². The third kappa shape index (κ3) is 1.27. The van der Waals surface area contributed by atoms with Crippen LogP contribution >= 0.6 is 11.3 Å². The average molecular weight is 189 g/mol. The van der Waals surface area contributed by atoms with Crippen molar-refractivity contribution in [3.63, 3.8) is 0 Å². The van der Waals surface area contributed by atoms with Crippen molar-refractivity contribution in [1.29, 1.82) is 5.26 Å². The molecular formula is C9H7N3S. The van der Waals surface area contributed by atoms with Gasteiger partial charge in [-0.1, -0.05) is 11.3 Å². The van der Waals surface area contributed by atoms with Crippen LogP contribution in [0.25, 0.3) is 10.3 Å². The molecular weight excluding hydrogens is 182 g/mol. The van der Waals surface area contributed by atoms with Gasteiger partial charge in [0.15, 0.2) is 0 Å². The monoisotopic (exact) mass is 189 g/mol. The van der Waals surface area contributed by atoms with Crippen LogP contribution in [0.15, 0.2) is 6.07 Å². The molecule has 0 unspecified atom stereocenters. The zero-order valence-electron chi connectivity index (χ0n) is 7.33. The number of rotatable bonds is 0. The van der Waals surface area contributed by atoms with Crippen molar-refractivity contribution in [3.8, 4) is 6.07 Å². The number of pyridine rings is 1. The standard InChI is InChI=1S/C9H7N3S/c1-5-7(4-10)3-8-9(11-5)13-6(2)12-8/h3H,1-2H3. The van der Waals surface area contributed by atoms with Gasteiger partial charge in [0, 0.05) is 0 Å². The molecule has 0 aliphatic heterocycles. The van der Waals surface area contributed by atoms with Gasteiger partial charge in [0.05, 0.1) is 16.3 Å². The predicted octanol–water partition coefficient (Wildman–Crippen LogP) is 2.18. The van der Waals surface area contributed by atoms with Gasteiger partial charge < -0.3 is 0 Å². The van der Waals surface area contributed by atoms with Crippen molar-refractivity contribution in [3.05, 3.63) is 22.3 Å². The molecule has 0 saturated carbocycles. The first-order valence-electron chi connectivity index (χ1n) is 3.85. The number of aryl methyl sites for hydroxylation is 2. The Balaban J connectivity index is 2.82. The van der Waals surface area contributed by atoms with E-state index in [9.17, 15) is 0 Å². The van der Waals surface area contributed by atoms with Gasteiger partial charge in [0.2, 0.25) is 0 Å². The highest BCUT2D eigenvalue weighted by molar-refractivity contribution is 7.18. The first-order chi connectivity index (χ1) is 6.20. The summed E-state index contributed by atoms with van der Waals surface area (Å²) in [6, 6.07) is 3.89. The Labute approximate surface area is 79.7 Å². The second-order valence-electron chi connectivity index (χ2n) is 2.79. The summed E-state index contributed by atoms with van der Waals surface area (Å²) in [7, 11) is 0. The van der Waals surface area contributed by atoms with Gasteiger partial charge in [-0.25, -0.2) is 9.97 Å². The lowest BCUT2D eigenvalue weighted by molar-refractivity contribution is 1.23. The third-order valence-corrected chi connectivity index (χ3v) is 2.68. The second-order valence-corrected chi connectivity index (χ2v) is 3.97. The lowest BCUT2D eigenvalue weighted by Gasteiger charge is -1.93. The first kappa shape index (κ1) is 8.14. The Morgan fingerprint density at radius 2 is 2.15 bits per heavy atom. The molecule has 0 fully saturated rings. The lowest BCUT2D eigenvalue weighted by Crippen LogP contribution is -1.86. The lowest BCUT2D eigenvalue weighted by atomic mass is 10.2.